The van der Waals surface area contributed by atoms with Crippen LogP contribution in [0.3, 0.4) is 0 Å². The molecule has 21 heavy (non-hydrogen) atoms. The summed E-state index contributed by atoms with van der Waals surface area (Å²) in [4.78, 5) is 12.1. The van der Waals surface area contributed by atoms with Crippen LogP contribution in [0.15, 0.2) is 42.7 Å². The molecule has 2 rings (SSSR count). The molecule has 0 unspecified atom stereocenters. The third-order valence-corrected chi connectivity index (χ3v) is 3.32. The molecule has 1 amide bonds. The van der Waals surface area contributed by atoms with Crippen LogP contribution in [0.2, 0.25) is 0 Å². The Bertz CT molecular complexity index is 621. The van der Waals surface area contributed by atoms with Crippen molar-refractivity contribution in [1.82, 2.24) is 0 Å². The number of rotatable bonds is 5. The number of amides is 1. The summed E-state index contributed by atoms with van der Waals surface area (Å²) in [5.41, 5.74) is 3.03. The standard InChI is InChI=1S/C17H20N2O2/c1-4-14-7-9-19(10-8-14)12-17(20)18-15-11-13(2)5-6-16(15)21-3/h5-11H,4,12H2,1-3H3/p+1. The Morgan fingerprint density at radius 3 is 2.57 bits per heavy atom. The Labute approximate surface area is 125 Å². The zero-order valence-electron chi connectivity index (χ0n) is 12.7. The molecule has 0 aliphatic rings. The summed E-state index contributed by atoms with van der Waals surface area (Å²) in [6.45, 7) is 4.37. The number of benzene rings is 1. The van der Waals surface area contributed by atoms with Crippen molar-refractivity contribution in [2.75, 3.05) is 12.4 Å². The van der Waals surface area contributed by atoms with Crippen molar-refractivity contribution in [3.8, 4) is 5.75 Å². The number of nitrogens with one attached hydrogen (secondary N) is 1. The van der Waals surface area contributed by atoms with Crippen molar-refractivity contribution in [1.29, 1.82) is 0 Å². The van der Waals surface area contributed by atoms with Crippen LogP contribution in [0.5, 0.6) is 5.75 Å². The lowest BCUT2D eigenvalue weighted by molar-refractivity contribution is -0.684. The topological polar surface area (TPSA) is 42.2 Å². The van der Waals surface area contributed by atoms with E-state index in [1.54, 1.807) is 7.11 Å². The van der Waals surface area contributed by atoms with Gasteiger partial charge in [0.25, 0.3) is 5.91 Å². The van der Waals surface area contributed by atoms with Crippen molar-refractivity contribution in [3.05, 3.63) is 53.9 Å². The summed E-state index contributed by atoms with van der Waals surface area (Å²) < 4.78 is 7.12. The number of ether oxygens (including phenoxy) is 1. The Hall–Kier alpha value is -2.36. The maximum absolute atomic E-state index is 12.1. The van der Waals surface area contributed by atoms with Crippen molar-refractivity contribution in [2.24, 2.45) is 0 Å². The van der Waals surface area contributed by atoms with E-state index in [0.717, 1.165) is 12.0 Å². The lowest BCUT2D eigenvalue weighted by Gasteiger charge is -2.10. The van der Waals surface area contributed by atoms with Gasteiger partial charge in [0.2, 0.25) is 6.54 Å². The highest BCUT2D eigenvalue weighted by Gasteiger charge is 2.12. The van der Waals surface area contributed by atoms with Gasteiger partial charge in [-0.3, -0.25) is 4.79 Å². The molecule has 0 aliphatic carbocycles. The highest BCUT2D eigenvalue weighted by molar-refractivity contribution is 5.91. The first-order valence-corrected chi connectivity index (χ1v) is 7.05. The van der Waals surface area contributed by atoms with Gasteiger partial charge in [0, 0.05) is 12.1 Å². The van der Waals surface area contributed by atoms with Gasteiger partial charge in [0.05, 0.1) is 12.8 Å². The quantitative estimate of drug-likeness (QED) is 0.858. The highest BCUT2D eigenvalue weighted by Crippen LogP contribution is 2.24. The molecule has 4 heteroatoms. The summed E-state index contributed by atoms with van der Waals surface area (Å²) in [5, 5.41) is 2.89. The molecular weight excluding hydrogens is 264 g/mol. The van der Waals surface area contributed by atoms with Crippen LogP contribution in [0.25, 0.3) is 0 Å². The molecule has 2 aromatic rings. The molecular formula is C17H21N2O2+. The molecule has 0 fully saturated rings. The number of hydrogen-bond donors (Lipinski definition) is 1. The zero-order valence-corrected chi connectivity index (χ0v) is 12.7. The van der Waals surface area contributed by atoms with Crippen LogP contribution in [-0.4, -0.2) is 13.0 Å². The summed E-state index contributed by atoms with van der Waals surface area (Å²) >= 11 is 0. The summed E-state index contributed by atoms with van der Waals surface area (Å²) in [5.74, 6) is 0.591. The average molecular weight is 285 g/mol. The van der Waals surface area contributed by atoms with Gasteiger partial charge in [0.15, 0.2) is 12.4 Å². The lowest BCUT2D eigenvalue weighted by atomic mass is 10.2. The van der Waals surface area contributed by atoms with Gasteiger partial charge in [0.1, 0.15) is 5.75 Å². The molecule has 1 N–H and O–H groups in total. The average Bonchev–Trinajstić information content (AvgIpc) is 2.48. The van der Waals surface area contributed by atoms with Crippen LogP contribution in [0.1, 0.15) is 18.1 Å². The van der Waals surface area contributed by atoms with E-state index in [1.165, 1.54) is 5.56 Å². The third-order valence-electron chi connectivity index (χ3n) is 3.32. The SMILES string of the molecule is CCc1cc[n+](CC(=O)Nc2cc(C)ccc2OC)cc1. The maximum atomic E-state index is 12.1. The van der Waals surface area contributed by atoms with Gasteiger partial charge < -0.3 is 10.1 Å². The van der Waals surface area contributed by atoms with Gasteiger partial charge in [-0.1, -0.05) is 13.0 Å². The molecule has 0 spiro atoms. The maximum Gasteiger partial charge on any atom is 0.290 e. The van der Waals surface area contributed by atoms with Crippen molar-refractivity contribution in [3.63, 3.8) is 0 Å². The zero-order chi connectivity index (χ0) is 15.2. The van der Waals surface area contributed by atoms with Gasteiger partial charge >= 0.3 is 0 Å². The second kappa shape index (κ2) is 6.88. The van der Waals surface area contributed by atoms with Crippen LogP contribution in [-0.2, 0) is 17.8 Å². The van der Waals surface area contributed by atoms with Gasteiger partial charge in [-0.25, -0.2) is 0 Å². The van der Waals surface area contributed by atoms with Gasteiger partial charge in [-0.05, 0) is 36.6 Å². The fourth-order valence-electron chi connectivity index (χ4n) is 2.10. The normalized spacial score (nSPS) is 10.2. The Balaban J connectivity index is 2.05. The summed E-state index contributed by atoms with van der Waals surface area (Å²) in [7, 11) is 1.60. The molecule has 1 heterocycles. The number of aromatic nitrogens is 1. The highest BCUT2D eigenvalue weighted by atomic mass is 16.5. The molecule has 0 aliphatic heterocycles. The number of carbonyl (C=O) groups is 1. The second-order valence-corrected chi connectivity index (χ2v) is 4.98. The Morgan fingerprint density at radius 2 is 1.95 bits per heavy atom. The molecule has 1 aromatic carbocycles. The molecule has 0 saturated heterocycles. The smallest absolute Gasteiger partial charge is 0.290 e. The number of pyridine rings is 1. The first-order chi connectivity index (χ1) is 10.1. The first kappa shape index (κ1) is 15.0. The van der Waals surface area contributed by atoms with Crippen molar-refractivity contribution < 1.29 is 14.1 Å². The van der Waals surface area contributed by atoms with Gasteiger partial charge in [-0.15, -0.1) is 0 Å². The van der Waals surface area contributed by atoms with Crippen LogP contribution in [0, 0.1) is 6.92 Å². The Morgan fingerprint density at radius 1 is 1.24 bits per heavy atom. The number of methoxy groups -OCH3 is 1. The van der Waals surface area contributed by atoms with Crippen LogP contribution in [0.4, 0.5) is 5.69 Å². The largest absolute Gasteiger partial charge is 0.495 e. The fraction of sp³-hybridized carbons (Fsp3) is 0.294. The minimum atomic E-state index is -0.0758. The third kappa shape index (κ3) is 4.05. The number of hydrogen-bond acceptors (Lipinski definition) is 2. The van der Waals surface area contributed by atoms with Crippen molar-refractivity contribution >= 4 is 11.6 Å². The molecule has 0 atom stereocenters. The van der Waals surface area contributed by atoms with Crippen molar-refractivity contribution in [2.45, 2.75) is 26.8 Å². The van der Waals surface area contributed by atoms with E-state index >= 15 is 0 Å². The molecule has 1 aromatic heterocycles. The Kier molecular flexibility index (Phi) is 4.93. The molecule has 110 valence electrons. The first-order valence-electron chi connectivity index (χ1n) is 7.05. The summed E-state index contributed by atoms with van der Waals surface area (Å²) in [6.07, 6.45) is 4.84. The van der Waals surface area contributed by atoms with Crippen LogP contribution < -0.4 is 14.6 Å². The predicted octanol–water partition coefficient (Wildman–Crippen LogP) is 2.49. The predicted molar refractivity (Wildman–Crippen MR) is 82.4 cm³/mol. The minimum absolute atomic E-state index is 0.0758. The van der Waals surface area contributed by atoms with E-state index < -0.39 is 0 Å². The molecule has 0 radical (unpaired) electrons. The van der Waals surface area contributed by atoms with Crippen LogP contribution >= 0.6 is 0 Å². The number of anilines is 1. The lowest BCUT2D eigenvalue weighted by Crippen LogP contribution is -2.39. The molecule has 4 nitrogen and oxygen atoms in total. The van der Waals surface area contributed by atoms with E-state index in [2.05, 4.69) is 12.2 Å². The van der Waals surface area contributed by atoms with E-state index in [0.29, 0.717) is 11.4 Å². The second-order valence-electron chi connectivity index (χ2n) is 4.98. The molecule has 0 bridgehead atoms. The minimum Gasteiger partial charge on any atom is -0.495 e. The number of carbonyl (C=O) groups excluding carboxylic acids is 1. The van der Waals surface area contributed by atoms with E-state index in [-0.39, 0.29) is 12.5 Å². The van der Waals surface area contributed by atoms with E-state index in [4.69, 9.17) is 4.74 Å². The summed E-state index contributed by atoms with van der Waals surface area (Å²) in [6, 6.07) is 9.77. The fourth-order valence-corrected chi connectivity index (χ4v) is 2.10. The van der Waals surface area contributed by atoms with E-state index in [9.17, 15) is 4.79 Å². The molecule has 0 saturated carbocycles. The number of aryl methyl sites for hydroxylation is 2. The van der Waals surface area contributed by atoms with Gasteiger partial charge in [-0.2, -0.15) is 4.57 Å². The number of nitrogens with zero attached hydrogens (tertiary/aromatic N) is 1. The monoisotopic (exact) mass is 285 g/mol. The van der Waals surface area contributed by atoms with E-state index in [1.807, 2.05) is 54.2 Å².